The van der Waals surface area contributed by atoms with Crippen LogP contribution in [0, 0.1) is 0 Å². The van der Waals surface area contributed by atoms with Gasteiger partial charge < -0.3 is 33.2 Å². The Bertz CT molecular complexity index is 520. The smallest absolute Gasteiger partial charge is 0.305 e. The first-order chi connectivity index (χ1) is 21.3. The molecule has 0 aromatic heterocycles. The average Bonchev–Trinajstić information content (AvgIpc) is 3.01. The van der Waals surface area contributed by atoms with Gasteiger partial charge in [0.15, 0.2) is 0 Å². The molecule has 0 fully saturated rings. The topological polar surface area (TPSA) is 81.7 Å². The van der Waals surface area contributed by atoms with Gasteiger partial charge in [0.2, 0.25) is 0 Å². The maximum Gasteiger partial charge on any atom is 0.305 e. The van der Waals surface area contributed by atoms with E-state index < -0.39 is 0 Å². The molecule has 8 nitrogen and oxygen atoms in total. The van der Waals surface area contributed by atoms with Gasteiger partial charge in [0.1, 0.15) is 6.61 Å². The van der Waals surface area contributed by atoms with Crippen molar-refractivity contribution in [1.82, 2.24) is 0 Å². The fourth-order valence-corrected chi connectivity index (χ4v) is 4.58. The van der Waals surface area contributed by atoms with Gasteiger partial charge in [-0.05, 0) is 12.8 Å². The van der Waals surface area contributed by atoms with E-state index in [9.17, 15) is 4.79 Å². The molecule has 0 bridgehead atoms. The van der Waals surface area contributed by atoms with Gasteiger partial charge in [0.05, 0.1) is 72.7 Å². The minimum atomic E-state index is -0.134. The molecule has 0 spiro atoms. The van der Waals surface area contributed by atoms with Gasteiger partial charge in [-0.15, -0.1) is 0 Å². The first-order valence-corrected chi connectivity index (χ1v) is 17.9. The number of esters is 1. The van der Waals surface area contributed by atoms with E-state index in [1.165, 1.54) is 96.3 Å². The summed E-state index contributed by atoms with van der Waals surface area (Å²) in [5.41, 5.74) is 0. The quantitative estimate of drug-likeness (QED) is 0.0507. The molecular weight excluding hydrogens is 548 g/mol. The molecule has 258 valence electrons. The van der Waals surface area contributed by atoms with Crippen LogP contribution in [0.15, 0.2) is 0 Å². The van der Waals surface area contributed by atoms with Crippen molar-refractivity contribution in [2.24, 2.45) is 0 Å². The van der Waals surface area contributed by atoms with Gasteiger partial charge in [0, 0.05) is 13.0 Å². The lowest BCUT2D eigenvalue weighted by molar-refractivity contribution is -0.145. The maximum absolute atomic E-state index is 11.6. The van der Waals surface area contributed by atoms with E-state index in [0.29, 0.717) is 85.7 Å². The summed E-state index contributed by atoms with van der Waals surface area (Å²) in [6.07, 6.45) is 24.0. The van der Waals surface area contributed by atoms with Crippen LogP contribution in [0.3, 0.4) is 0 Å². The number of unbranched alkanes of at least 4 members (excludes halogenated alkanes) is 16. The largest absolute Gasteiger partial charge is 0.463 e. The van der Waals surface area contributed by atoms with Gasteiger partial charge in [-0.1, -0.05) is 117 Å². The van der Waals surface area contributed by atoms with E-state index in [4.69, 9.17) is 33.2 Å². The molecule has 0 aromatic carbocycles. The molecular formula is C35H70O8. The van der Waals surface area contributed by atoms with Crippen molar-refractivity contribution in [2.75, 3.05) is 85.9 Å². The van der Waals surface area contributed by atoms with E-state index in [1.807, 2.05) is 0 Å². The summed E-state index contributed by atoms with van der Waals surface area (Å²) in [6.45, 7) is 11.5. The monoisotopic (exact) mass is 619 g/mol. The Labute approximate surface area is 265 Å². The second kappa shape index (κ2) is 39.3. The van der Waals surface area contributed by atoms with Crippen LogP contribution in [-0.2, 0) is 38.0 Å². The Morgan fingerprint density at radius 3 is 0.977 bits per heavy atom. The van der Waals surface area contributed by atoms with E-state index in [-0.39, 0.29) is 5.97 Å². The van der Waals surface area contributed by atoms with Crippen LogP contribution in [0.1, 0.15) is 136 Å². The third kappa shape index (κ3) is 39.2. The van der Waals surface area contributed by atoms with Gasteiger partial charge in [-0.25, -0.2) is 0 Å². The zero-order chi connectivity index (χ0) is 31.2. The highest BCUT2D eigenvalue weighted by Gasteiger charge is 2.02. The summed E-state index contributed by atoms with van der Waals surface area (Å²) in [5, 5.41) is 0. The summed E-state index contributed by atoms with van der Waals surface area (Å²) in [6, 6.07) is 0. The summed E-state index contributed by atoms with van der Waals surface area (Å²) in [7, 11) is 0. The number of hydrogen-bond donors (Lipinski definition) is 0. The zero-order valence-corrected chi connectivity index (χ0v) is 28.4. The fourth-order valence-electron chi connectivity index (χ4n) is 4.58. The third-order valence-corrected chi connectivity index (χ3v) is 7.23. The lowest BCUT2D eigenvalue weighted by atomic mass is 10.0. The second-order valence-corrected chi connectivity index (χ2v) is 11.3. The molecule has 0 radical (unpaired) electrons. The van der Waals surface area contributed by atoms with Crippen molar-refractivity contribution in [1.29, 1.82) is 0 Å². The molecule has 0 saturated carbocycles. The Hall–Kier alpha value is -0.770. The van der Waals surface area contributed by atoms with Gasteiger partial charge in [-0.2, -0.15) is 0 Å². The van der Waals surface area contributed by atoms with Crippen LogP contribution in [0.4, 0.5) is 0 Å². The Balaban J connectivity index is 3.08. The van der Waals surface area contributed by atoms with Crippen LogP contribution in [0.5, 0.6) is 0 Å². The van der Waals surface area contributed by atoms with Crippen molar-refractivity contribution in [2.45, 2.75) is 136 Å². The third-order valence-electron chi connectivity index (χ3n) is 7.23. The molecule has 0 aliphatic rings. The summed E-state index contributed by atoms with van der Waals surface area (Å²) in [4.78, 5) is 11.6. The molecule has 0 aromatic rings. The standard InChI is InChI=1S/C35H70O8/c1-3-5-7-9-10-11-12-13-14-15-16-18-20-22-37-23-24-38-25-26-39-27-28-40-29-30-41-31-32-42-33-34-43-35(36)21-19-17-8-6-4-2/h3-34H2,1-2H3. The van der Waals surface area contributed by atoms with E-state index >= 15 is 0 Å². The normalized spacial score (nSPS) is 11.4. The Morgan fingerprint density at radius 2 is 0.605 bits per heavy atom. The molecule has 0 rings (SSSR count). The number of hydrogen-bond acceptors (Lipinski definition) is 8. The van der Waals surface area contributed by atoms with Crippen LogP contribution in [0.2, 0.25) is 0 Å². The van der Waals surface area contributed by atoms with Crippen LogP contribution in [0.25, 0.3) is 0 Å². The Morgan fingerprint density at radius 1 is 0.326 bits per heavy atom. The molecule has 0 unspecified atom stereocenters. The van der Waals surface area contributed by atoms with Crippen LogP contribution >= 0.6 is 0 Å². The number of ether oxygens (including phenoxy) is 7. The van der Waals surface area contributed by atoms with E-state index in [1.54, 1.807) is 0 Å². The average molecular weight is 619 g/mol. The molecule has 0 amide bonds. The predicted octanol–water partition coefficient (Wildman–Crippen LogP) is 8.08. The van der Waals surface area contributed by atoms with Gasteiger partial charge >= 0.3 is 5.97 Å². The zero-order valence-electron chi connectivity index (χ0n) is 28.4. The summed E-state index contributed by atoms with van der Waals surface area (Å²) in [5.74, 6) is -0.134. The van der Waals surface area contributed by atoms with Crippen molar-refractivity contribution in [3.8, 4) is 0 Å². The fraction of sp³-hybridized carbons (Fsp3) is 0.971. The van der Waals surface area contributed by atoms with Gasteiger partial charge in [0.25, 0.3) is 0 Å². The van der Waals surface area contributed by atoms with Crippen LogP contribution in [-0.4, -0.2) is 91.9 Å². The summed E-state index contributed by atoms with van der Waals surface area (Å²) < 4.78 is 38.3. The SMILES string of the molecule is CCCCCCCCCCCCCCCOCCOCCOCCOCCOCCOCCOC(=O)CCCCCCC. The van der Waals surface area contributed by atoms with Crippen molar-refractivity contribution in [3.05, 3.63) is 0 Å². The van der Waals surface area contributed by atoms with E-state index in [2.05, 4.69) is 13.8 Å². The number of carbonyl (C=O) groups is 1. The van der Waals surface area contributed by atoms with Crippen molar-refractivity contribution >= 4 is 5.97 Å². The highest BCUT2D eigenvalue weighted by molar-refractivity contribution is 5.69. The predicted molar refractivity (Wildman–Crippen MR) is 175 cm³/mol. The van der Waals surface area contributed by atoms with Crippen molar-refractivity contribution in [3.63, 3.8) is 0 Å². The molecule has 0 heterocycles. The number of rotatable bonds is 38. The highest BCUT2D eigenvalue weighted by Crippen LogP contribution is 2.12. The van der Waals surface area contributed by atoms with Crippen molar-refractivity contribution < 1.29 is 38.0 Å². The minimum Gasteiger partial charge on any atom is -0.463 e. The molecule has 8 heteroatoms. The molecule has 0 atom stereocenters. The first kappa shape index (κ1) is 42.2. The molecule has 0 saturated heterocycles. The second-order valence-electron chi connectivity index (χ2n) is 11.3. The summed E-state index contributed by atoms with van der Waals surface area (Å²) >= 11 is 0. The molecule has 0 aliphatic carbocycles. The first-order valence-electron chi connectivity index (χ1n) is 17.9. The Kier molecular flexibility index (Phi) is 38.6. The minimum absolute atomic E-state index is 0.134. The van der Waals surface area contributed by atoms with Gasteiger partial charge in [-0.3, -0.25) is 4.79 Å². The van der Waals surface area contributed by atoms with Crippen LogP contribution < -0.4 is 0 Å². The lowest BCUT2D eigenvalue weighted by Crippen LogP contribution is -2.15. The highest BCUT2D eigenvalue weighted by atomic mass is 16.6. The number of carbonyl (C=O) groups excluding carboxylic acids is 1. The maximum atomic E-state index is 11.6. The van der Waals surface area contributed by atoms with E-state index in [0.717, 1.165) is 25.9 Å². The molecule has 0 aliphatic heterocycles. The molecule has 43 heavy (non-hydrogen) atoms. The molecule has 0 N–H and O–H groups in total. The lowest BCUT2D eigenvalue weighted by Gasteiger charge is -2.08.